The summed E-state index contributed by atoms with van der Waals surface area (Å²) in [6.07, 6.45) is 6.02. The Kier molecular flexibility index (Phi) is 11.2. The molecule has 2 fully saturated rings. The SMILES string of the molecule is CCC(CNC)C(=O)NC(C(=O)N1CCN(C2CCCCCC2C(=O)N(C)C)CC1)c1ccc(Cl)cc1. The predicted octanol–water partition coefficient (Wildman–Crippen LogP) is 2.92. The third kappa shape index (κ3) is 7.68. The van der Waals surface area contributed by atoms with Crippen LogP contribution in [0.15, 0.2) is 24.3 Å². The minimum absolute atomic E-state index is 0.0130. The van der Waals surface area contributed by atoms with E-state index in [1.807, 2.05) is 45.1 Å². The van der Waals surface area contributed by atoms with Crippen LogP contribution in [-0.2, 0) is 14.4 Å². The fourth-order valence-electron chi connectivity index (χ4n) is 5.67. The van der Waals surface area contributed by atoms with Crippen molar-refractivity contribution in [2.24, 2.45) is 11.8 Å². The second-order valence-electron chi connectivity index (χ2n) is 10.6. The zero-order valence-corrected chi connectivity index (χ0v) is 23.6. The standard InChI is InChI=1S/C28H44ClN5O3/c1-5-20(19-30-2)26(35)31-25(21-11-13-22(29)14-12-21)28(37)34-17-15-33(16-18-34)24-10-8-6-7-9-23(24)27(36)32(3)4/h11-14,20,23-25,30H,5-10,15-19H2,1-4H3,(H,31,35). The Morgan fingerprint density at radius 3 is 2.27 bits per heavy atom. The Labute approximate surface area is 227 Å². The van der Waals surface area contributed by atoms with Crippen LogP contribution in [0.1, 0.15) is 57.1 Å². The van der Waals surface area contributed by atoms with Gasteiger partial charge in [-0.15, -0.1) is 0 Å². The van der Waals surface area contributed by atoms with Crippen molar-refractivity contribution in [3.63, 3.8) is 0 Å². The van der Waals surface area contributed by atoms with Crippen molar-refractivity contribution in [3.8, 4) is 0 Å². The molecule has 2 N–H and O–H groups in total. The van der Waals surface area contributed by atoms with Gasteiger partial charge in [-0.05, 0) is 44.0 Å². The van der Waals surface area contributed by atoms with E-state index in [2.05, 4.69) is 15.5 Å². The maximum absolute atomic E-state index is 13.8. The lowest BCUT2D eigenvalue weighted by atomic mass is 9.91. The first-order valence-electron chi connectivity index (χ1n) is 13.7. The molecule has 1 aliphatic heterocycles. The Bertz CT molecular complexity index is 902. The van der Waals surface area contributed by atoms with Crippen LogP contribution < -0.4 is 10.6 Å². The summed E-state index contributed by atoms with van der Waals surface area (Å²) >= 11 is 6.10. The third-order valence-electron chi connectivity index (χ3n) is 7.88. The van der Waals surface area contributed by atoms with E-state index >= 15 is 0 Å². The molecular weight excluding hydrogens is 490 g/mol. The number of halogens is 1. The lowest BCUT2D eigenvalue weighted by molar-refractivity contribution is -0.141. The van der Waals surface area contributed by atoms with Crippen molar-refractivity contribution in [3.05, 3.63) is 34.9 Å². The molecule has 0 radical (unpaired) electrons. The summed E-state index contributed by atoms with van der Waals surface area (Å²) < 4.78 is 0. The number of hydrogen-bond acceptors (Lipinski definition) is 5. The molecule has 206 valence electrons. The van der Waals surface area contributed by atoms with Gasteiger partial charge in [0.15, 0.2) is 0 Å². The lowest BCUT2D eigenvalue weighted by Crippen LogP contribution is -2.57. The molecule has 0 aromatic heterocycles. The minimum atomic E-state index is -0.761. The van der Waals surface area contributed by atoms with Crippen LogP contribution in [0.2, 0.25) is 5.02 Å². The van der Waals surface area contributed by atoms with Gasteiger partial charge in [0.1, 0.15) is 6.04 Å². The summed E-state index contributed by atoms with van der Waals surface area (Å²) in [5.41, 5.74) is 0.727. The van der Waals surface area contributed by atoms with Gasteiger partial charge in [-0.1, -0.05) is 49.9 Å². The molecule has 37 heavy (non-hydrogen) atoms. The fraction of sp³-hybridized carbons (Fsp3) is 0.679. The lowest BCUT2D eigenvalue weighted by Gasteiger charge is -2.42. The largest absolute Gasteiger partial charge is 0.349 e. The zero-order chi connectivity index (χ0) is 26.9. The quantitative estimate of drug-likeness (QED) is 0.477. The van der Waals surface area contributed by atoms with Crippen molar-refractivity contribution in [2.75, 3.05) is 53.9 Å². The number of hydrogen-bond donors (Lipinski definition) is 2. The molecule has 4 unspecified atom stereocenters. The van der Waals surface area contributed by atoms with E-state index < -0.39 is 6.04 Å². The van der Waals surface area contributed by atoms with E-state index in [0.717, 1.165) is 44.3 Å². The number of nitrogens with one attached hydrogen (secondary N) is 2. The van der Waals surface area contributed by atoms with Crippen LogP contribution in [-0.4, -0.2) is 92.3 Å². The number of amides is 3. The fourth-order valence-corrected chi connectivity index (χ4v) is 5.80. The van der Waals surface area contributed by atoms with Crippen LogP contribution in [0.4, 0.5) is 0 Å². The molecule has 1 heterocycles. The Morgan fingerprint density at radius 2 is 1.68 bits per heavy atom. The van der Waals surface area contributed by atoms with Gasteiger partial charge in [0.05, 0.1) is 11.8 Å². The molecule has 9 heteroatoms. The summed E-state index contributed by atoms with van der Waals surface area (Å²) in [4.78, 5) is 45.8. The van der Waals surface area contributed by atoms with Crippen LogP contribution in [0.3, 0.4) is 0 Å². The van der Waals surface area contributed by atoms with Gasteiger partial charge in [0.2, 0.25) is 17.7 Å². The molecular formula is C28H44ClN5O3. The second kappa shape index (κ2) is 14.1. The highest BCUT2D eigenvalue weighted by Gasteiger charge is 2.37. The molecule has 1 aliphatic carbocycles. The first-order valence-corrected chi connectivity index (χ1v) is 14.1. The smallest absolute Gasteiger partial charge is 0.249 e. The Balaban J connectivity index is 1.72. The van der Waals surface area contributed by atoms with Gasteiger partial charge in [0.25, 0.3) is 0 Å². The number of benzene rings is 1. The molecule has 4 atom stereocenters. The molecule has 1 aromatic rings. The summed E-state index contributed by atoms with van der Waals surface area (Å²) in [5, 5.41) is 6.68. The van der Waals surface area contributed by atoms with Crippen molar-refractivity contribution in [2.45, 2.75) is 57.5 Å². The van der Waals surface area contributed by atoms with Gasteiger partial charge in [-0.3, -0.25) is 19.3 Å². The first kappa shape index (κ1) is 29.4. The second-order valence-corrected chi connectivity index (χ2v) is 11.0. The molecule has 8 nitrogen and oxygen atoms in total. The van der Waals surface area contributed by atoms with Crippen LogP contribution in [0.5, 0.6) is 0 Å². The van der Waals surface area contributed by atoms with E-state index in [-0.39, 0.29) is 35.6 Å². The van der Waals surface area contributed by atoms with Gasteiger partial charge in [-0.25, -0.2) is 0 Å². The average molecular weight is 534 g/mol. The number of carbonyl (C=O) groups is 3. The maximum Gasteiger partial charge on any atom is 0.249 e. The van der Waals surface area contributed by atoms with E-state index in [1.165, 1.54) is 6.42 Å². The van der Waals surface area contributed by atoms with Crippen LogP contribution in [0.25, 0.3) is 0 Å². The monoisotopic (exact) mass is 533 g/mol. The minimum Gasteiger partial charge on any atom is -0.349 e. The maximum atomic E-state index is 13.8. The zero-order valence-electron chi connectivity index (χ0n) is 22.8. The van der Waals surface area contributed by atoms with E-state index in [9.17, 15) is 14.4 Å². The van der Waals surface area contributed by atoms with E-state index in [4.69, 9.17) is 11.6 Å². The molecule has 3 rings (SSSR count). The number of nitrogens with zero attached hydrogens (tertiary/aromatic N) is 3. The van der Waals surface area contributed by atoms with Crippen molar-refractivity contribution >= 4 is 29.3 Å². The topological polar surface area (TPSA) is 85.0 Å². The van der Waals surface area contributed by atoms with Crippen molar-refractivity contribution < 1.29 is 14.4 Å². The molecule has 0 spiro atoms. The van der Waals surface area contributed by atoms with Crippen LogP contribution >= 0.6 is 11.6 Å². The molecule has 3 amide bonds. The number of piperazine rings is 1. The molecule has 0 bridgehead atoms. The highest BCUT2D eigenvalue weighted by atomic mass is 35.5. The molecule has 1 aromatic carbocycles. The van der Waals surface area contributed by atoms with Crippen molar-refractivity contribution in [1.82, 2.24) is 25.3 Å². The van der Waals surface area contributed by atoms with Gasteiger partial charge < -0.3 is 20.4 Å². The van der Waals surface area contributed by atoms with E-state index in [1.54, 1.807) is 17.0 Å². The number of rotatable bonds is 9. The molecule has 1 saturated heterocycles. The predicted molar refractivity (Wildman–Crippen MR) is 147 cm³/mol. The average Bonchev–Trinajstić information content (AvgIpc) is 3.16. The van der Waals surface area contributed by atoms with Gasteiger partial charge >= 0.3 is 0 Å². The van der Waals surface area contributed by atoms with Crippen molar-refractivity contribution in [1.29, 1.82) is 0 Å². The third-order valence-corrected chi connectivity index (χ3v) is 8.14. The van der Waals surface area contributed by atoms with Gasteiger partial charge in [-0.2, -0.15) is 0 Å². The van der Waals surface area contributed by atoms with Crippen LogP contribution in [0, 0.1) is 11.8 Å². The summed E-state index contributed by atoms with van der Waals surface area (Å²) in [7, 11) is 5.50. The number of carbonyl (C=O) groups excluding carboxylic acids is 3. The Morgan fingerprint density at radius 1 is 1.03 bits per heavy atom. The molecule has 1 saturated carbocycles. The summed E-state index contributed by atoms with van der Waals surface area (Å²) in [6, 6.07) is 6.57. The highest BCUT2D eigenvalue weighted by molar-refractivity contribution is 6.30. The molecule has 2 aliphatic rings. The van der Waals surface area contributed by atoms with E-state index in [0.29, 0.717) is 31.1 Å². The Hall–Kier alpha value is -2.16. The van der Waals surface area contributed by atoms with Gasteiger partial charge in [0, 0.05) is 57.9 Å². The highest BCUT2D eigenvalue weighted by Crippen LogP contribution is 2.30. The first-order chi connectivity index (χ1) is 17.8. The normalized spacial score (nSPS) is 22.6. The summed E-state index contributed by atoms with van der Waals surface area (Å²) in [6.45, 7) is 5.13. The summed E-state index contributed by atoms with van der Waals surface area (Å²) in [5.74, 6) is -0.225.